The molecule has 132 valence electrons. The Hall–Kier alpha value is -3.01. The van der Waals surface area contributed by atoms with Crippen molar-refractivity contribution in [3.05, 3.63) is 65.2 Å². The first kappa shape index (κ1) is 16.5. The molecule has 0 saturated carbocycles. The lowest BCUT2D eigenvalue weighted by atomic mass is 9.88. The number of carbonyl (C=O) groups is 1. The number of carbonyl (C=O) groups excluding carboxylic acids is 1. The van der Waals surface area contributed by atoms with E-state index in [1.165, 1.54) is 5.56 Å². The molecule has 0 radical (unpaired) electrons. The molecule has 1 aliphatic carbocycles. The van der Waals surface area contributed by atoms with Gasteiger partial charge in [-0.3, -0.25) is 0 Å². The molecular formula is C22H20O4. The van der Waals surface area contributed by atoms with Gasteiger partial charge >= 0.3 is 5.97 Å². The molecule has 3 aromatic rings. The first-order valence-electron chi connectivity index (χ1n) is 8.78. The molecule has 4 rings (SSSR count). The Kier molecular flexibility index (Phi) is 4.25. The number of rotatable bonds is 4. The smallest absolute Gasteiger partial charge is 0.342 e. The van der Waals surface area contributed by atoms with Gasteiger partial charge in [-0.25, -0.2) is 4.79 Å². The minimum atomic E-state index is -0.331. The minimum Gasteiger partial charge on any atom is -0.497 e. The van der Waals surface area contributed by atoms with Crippen molar-refractivity contribution in [1.82, 2.24) is 0 Å². The first-order valence-corrected chi connectivity index (χ1v) is 8.78. The fourth-order valence-corrected chi connectivity index (χ4v) is 3.51. The summed E-state index contributed by atoms with van der Waals surface area (Å²) in [5.41, 5.74) is 4.61. The SMILES string of the molecule is CCOC(=O)c1c(-c2ccc(OC)cc2)oc2c1CCc1ccccc1-2. The van der Waals surface area contributed by atoms with Crippen LogP contribution in [0.1, 0.15) is 28.4 Å². The summed E-state index contributed by atoms with van der Waals surface area (Å²) < 4.78 is 16.8. The highest BCUT2D eigenvalue weighted by Crippen LogP contribution is 2.42. The highest BCUT2D eigenvalue weighted by Gasteiger charge is 2.31. The maximum absolute atomic E-state index is 12.7. The average Bonchev–Trinajstić information content (AvgIpc) is 3.08. The van der Waals surface area contributed by atoms with Crippen LogP contribution in [0.25, 0.3) is 22.6 Å². The van der Waals surface area contributed by atoms with Crippen molar-refractivity contribution in [2.45, 2.75) is 19.8 Å². The monoisotopic (exact) mass is 348 g/mol. The van der Waals surface area contributed by atoms with Crippen LogP contribution >= 0.6 is 0 Å². The van der Waals surface area contributed by atoms with Crippen molar-refractivity contribution in [3.8, 4) is 28.4 Å². The van der Waals surface area contributed by atoms with E-state index in [2.05, 4.69) is 6.07 Å². The molecule has 4 nitrogen and oxygen atoms in total. The first-order chi connectivity index (χ1) is 12.7. The van der Waals surface area contributed by atoms with Crippen LogP contribution in [0.5, 0.6) is 5.75 Å². The van der Waals surface area contributed by atoms with Gasteiger partial charge in [0.15, 0.2) is 0 Å². The number of hydrogen-bond donors (Lipinski definition) is 0. The molecule has 1 aromatic heterocycles. The summed E-state index contributed by atoms with van der Waals surface area (Å²) in [4.78, 5) is 12.7. The van der Waals surface area contributed by atoms with E-state index < -0.39 is 0 Å². The summed E-state index contributed by atoms with van der Waals surface area (Å²) in [5.74, 6) is 1.77. The van der Waals surface area contributed by atoms with Crippen LogP contribution < -0.4 is 4.74 Å². The van der Waals surface area contributed by atoms with Crippen molar-refractivity contribution < 1.29 is 18.7 Å². The zero-order valence-electron chi connectivity index (χ0n) is 14.9. The van der Waals surface area contributed by atoms with Gasteiger partial charge in [0.1, 0.15) is 22.8 Å². The van der Waals surface area contributed by atoms with E-state index in [4.69, 9.17) is 13.9 Å². The van der Waals surface area contributed by atoms with Crippen LogP contribution in [0.4, 0.5) is 0 Å². The van der Waals surface area contributed by atoms with Crippen LogP contribution in [0.3, 0.4) is 0 Å². The van der Waals surface area contributed by atoms with E-state index in [0.717, 1.165) is 41.0 Å². The Balaban J connectivity index is 1.91. The van der Waals surface area contributed by atoms with Crippen molar-refractivity contribution >= 4 is 5.97 Å². The summed E-state index contributed by atoms with van der Waals surface area (Å²) in [7, 11) is 1.63. The maximum Gasteiger partial charge on any atom is 0.342 e. The zero-order valence-corrected chi connectivity index (χ0v) is 14.9. The molecule has 1 heterocycles. The molecule has 0 unspecified atom stereocenters. The van der Waals surface area contributed by atoms with Gasteiger partial charge in [-0.15, -0.1) is 0 Å². The molecule has 0 N–H and O–H groups in total. The number of furan rings is 1. The number of fused-ring (bicyclic) bond motifs is 3. The van der Waals surface area contributed by atoms with Crippen LogP contribution in [0.2, 0.25) is 0 Å². The molecule has 0 saturated heterocycles. The predicted molar refractivity (Wildman–Crippen MR) is 99.5 cm³/mol. The molecule has 0 atom stereocenters. The summed E-state index contributed by atoms with van der Waals surface area (Å²) in [6, 6.07) is 15.7. The van der Waals surface area contributed by atoms with Gasteiger partial charge in [-0.05, 0) is 49.6 Å². The van der Waals surface area contributed by atoms with Crippen molar-refractivity contribution in [2.75, 3.05) is 13.7 Å². The lowest BCUT2D eigenvalue weighted by molar-refractivity contribution is 0.0525. The number of aryl methyl sites for hydroxylation is 1. The molecule has 0 amide bonds. The molecule has 4 heteroatoms. The third-order valence-corrected chi connectivity index (χ3v) is 4.75. The second-order valence-corrected chi connectivity index (χ2v) is 6.22. The third kappa shape index (κ3) is 2.68. The van der Waals surface area contributed by atoms with Crippen molar-refractivity contribution in [2.24, 2.45) is 0 Å². The zero-order chi connectivity index (χ0) is 18.1. The number of benzene rings is 2. The van der Waals surface area contributed by atoms with Gasteiger partial charge in [0.2, 0.25) is 0 Å². The predicted octanol–water partition coefficient (Wildman–Crippen LogP) is 4.90. The summed E-state index contributed by atoms with van der Waals surface area (Å²) in [5, 5.41) is 0. The fourth-order valence-electron chi connectivity index (χ4n) is 3.51. The van der Waals surface area contributed by atoms with Gasteiger partial charge in [0.05, 0.1) is 13.7 Å². The van der Waals surface area contributed by atoms with Gasteiger partial charge in [-0.1, -0.05) is 24.3 Å². The fraction of sp³-hybridized carbons (Fsp3) is 0.227. The minimum absolute atomic E-state index is 0.331. The van der Waals surface area contributed by atoms with E-state index in [1.54, 1.807) is 7.11 Å². The second-order valence-electron chi connectivity index (χ2n) is 6.22. The molecule has 0 spiro atoms. The Morgan fingerprint density at radius 1 is 1.04 bits per heavy atom. The number of ether oxygens (including phenoxy) is 2. The molecule has 2 aromatic carbocycles. The number of esters is 1. The topological polar surface area (TPSA) is 48.7 Å². The highest BCUT2D eigenvalue weighted by atomic mass is 16.5. The van der Waals surface area contributed by atoms with Crippen LogP contribution in [-0.4, -0.2) is 19.7 Å². The van der Waals surface area contributed by atoms with Gasteiger partial charge < -0.3 is 13.9 Å². The maximum atomic E-state index is 12.7. The highest BCUT2D eigenvalue weighted by molar-refractivity contribution is 6.00. The van der Waals surface area contributed by atoms with Crippen LogP contribution in [-0.2, 0) is 17.6 Å². The van der Waals surface area contributed by atoms with Crippen LogP contribution in [0.15, 0.2) is 52.9 Å². The lowest BCUT2D eigenvalue weighted by Gasteiger charge is -2.15. The molecule has 0 fully saturated rings. The third-order valence-electron chi connectivity index (χ3n) is 4.75. The molecule has 0 aliphatic heterocycles. The largest absolute Gasteiger partial charge is 0.497 e. The summed E-state index contributed by atoms with van der Waals surface area (Å²) in [6.45, 7) is 2.14. The average molecular weight is 348 g/mol. The van der Waals surface area contributed by atoms with E-state index in [-0.39, 0.29) is 5.97 Å². The molecule has 26 heavy (non-hydrogen) atoms. The quantitative estimate of drug-likeness (QED) is 0.629. The molecule has 1 aliphatic rings. The normalized spacial score (nSPS) is 12.2. The van der Waals surface area contributed by atoms with Crippen molar-refractivity contribution in [3.63, 3.8) is 0 Å². The van der Waals surface area contributed by atoms with Crippen molar-refractivity contribution in [1.29, 1.82) is 0 Å². The number of methoxy groups -OCH3 is 1. The van der Waals surface area contributed by atoms with E-state index in [9.17, 15) is 4.79 Å². The van der Waals surface area contributed by atoms with Crippen LogP contribution in [0, 0.1) is 0 Å². The van der Waals surface area contributed by atoms with Gasteiger partial charge in [0.25, 0.3) is 0 Å². The Labute approximate surface area is 152 Å². The second kappa shape index (κ2) is 6.71. The van der Waals surface area contributed by atoms with E-state index in [0.29, 0.717) is 17.9 Å². The standard InChI is InChI=1S/C22H20O4/c1-3-25-22(23)19-18-13-10-14-6-4-5-7-17(14)21(18)26-20(19)15-8-11-16(24-2)12-9-15/h4-9,11-12H,3,10,13H2,1-2H3. The Morgan fingerprint density at radius 2 is 1.81 bits per heavy atom. The molecular weight excluding hydrogens is 328 g/mol. The summed E-state index contributed by atoms with van der Waals surface area (Å²) >= 11 is 0. The van der Waals surface area contributed by atoms with Gasteiger partial charge in [0, 0.05) is 16.7 Å². The molecule has 0 bridgehead atoms. The summed E-state index contributed by atoms with van der Waals surface area (Å²) in [6.07, 6.45) is 1.65. The van der Waals surface area contributed by atoms with E-state index >= 15 is 0 Å². The number of hydrogen-bond acceptors (Lipinski definition) is 4. The lowest BCUT2D eigenvalue weighted by Crippen LogP contribution is -2.10. The Morgan fingerprint density at radius 3 is 2.54 bits per heavy atom. The van der Waals surface area contributed by atoms with Gasteiger partial charge in [-0.2, -0.15) is 0 Å². The van der Waals surface area contributed by atoms with E-state index in [1.807, 2.05) is 49.4 Å². The Bertz CT molecular complexity index is 951.